The molecule has 1 saturated heterocycles. The Morgan fingerprint density at radius 3 is 2.45 bits per heavy atom. The molecule has 1 atom stereocenters. The van der Waals surface area contributed by atoms with Crippen LogP contribution in [-0.4, -0.2) is 35.3 Å². The number of imide groups is 1. The summed E-state index contributed by atoms with van der Waals surface area (Å²) in [6.45, 7) is 3.82. The first-order chi connectivity index (χ1) is 15.9. The summed E-state index contributed by atoms with van der Waals surface area (Å²) in [5, 5.41) is 5.43. The van der Waals surface area contributed by atoms with Crippen molar-refractivity contribution in [1.82, 2.24) is 10.2 Å². The molecule has 6 nitrogen and oxygen atoms in total. The highest BCUT2D eigenvalue weighted by Crippen LogP contribution is 2.31. The highest BCUT2D eigenvalue weighted by Gasteiger charge is 2.38. The van der Waals surface area contributed by atoms with Crippen LogP contribution in [0, 0.1) is 13.8 Å². The molecule has 4 rings (SSSR count). The van der Waals surface area contributed by atoms with Crippen molar-refractivity contribution < 1.29 is 14.4 Å². The van der Waals surface area contributed by atoms with Crippen molar-refractivity contribution >= 4 is 35.3 Å². The third kappa shape index (κ3) is 5.62. The summed E-state index contributed by atoms with van der Waals surface area (Å²) >= 11 is 1.67. The topological polar surface area (TPSA) is 78.5 Å². The summed E-state index contributed by atoms with van der Waals surface area (Å²) in [6.07, 6.45) is 0.392. The Labute approximate surface area is 197 Å². The third-order valence-corrected chi connectivity index (χ3v) is 6.57. The van der Waals surface area contributed by atoms with E-state index in [0.717, 1.165) is 15.4 Å². The number of aryl methyl sites for hydroxylation is 2. The number of anilines is 1. The molecule has 0 spiro atoms. The number of rotatable bonds is 7. The molecule has 1 heterocycles. The number of nitrogens with one attached hydrogen (secondary N) is 2. The van der Waals surface area contributed by atoms with Crippen LogP contribution in [0.5, 0.6) is 0 Å². The Morgan fingerprint density at radius 1 is 1.00 bits per heavy atom. The second-order valence-electron chi connectivity index (χ2n) is 8.06. The Morgan fingerprint density at radius 2 is 1.73 bits per heavy atom. The molecule has 2 N–H and O–H groups in total. The predicted molar refractivity (Wildman–Crippen MR) is 129 cm³/mol. The average molecular weight is 460 g/mol. The first kappa shape index (κ1) is 22.6. The van der Waals surface area contributed by atoms with E-state index in [4.69, 9.17) is 0 Å². The Kier molecular flexibility index (Phi) is 6.79. The zero-order valence-electron chi connectivity index (χ0n) is 18.5. The van der Waals surface area contributed by atoms with E-state index in [1.807, 2.05) is 54.6 Å². The first-order valence-corrected chi connectivity index (χ1v) is 11.5. The van der Waals surface area contributed by atoms with Gasteiger partial charge in [-0.15, -0.1) is 0 Å². The number of benzene rings is 3. The maximum atomic E-state index is 12.6. The molecule has 3 aromatic carbocycles. The standard InChI is InChI=1S/C26H25N3O3S/c1-17-8-9-18(2)23(14-17)33-21-12-10-20(11-13-21)27-24(30)16-29-25(31)22(28-26(29)32)15-19-6-4-3-5-7-19/h3-14,22H,15-16H2,1-2H3,(H,27,30)(H,28,32)/t22-/m1/s1. The molecular formula is C26H25N3O3S. The lowest BCUT2D eigenvalue weighted by Crippen LogP contribution is -2.38. The molecule has 7 heteroatoms. The minimum absolute atomic E-state index is 0.324. The van der Waals surface area contributed by atoms with Gasteiger partial charge in [-0.1, -0.05) is 54.2 Å². The highest BCUT2D eigenvalue weighted by molar-refractivity contribution is 7.99. The molecule has 1 aliphatic heterocycles. The first-order valence-electron chi connectivity index (χ1n) is 10.7. The van der Waals surface area contributed by atoms with Crippen molar-refractivity contribution in [2.45, 2.75) is 36.1 Å². The molecule has 33 heavy (non-hydrogen) atoms. The van der Waals surface area contributed by atoms with E-state index in [2.05, 4.69) is 42.7 Å². The summed E-state index contributed by atoms with van der Waals surface area (Å²) in [6, 6.07) is 22.1. The van der Waals surface area contributed by atoms with E-state index in [0.29, 0.717) is 12.1 Å². The Balaban J connectivity index is 1.33. The quantitative estimate of drug-likeness (QED) is 0.508. The third-order valence-electron chi connectivity index (χ3n) is 5.40. The van der Waals surface area contributed by atoms with Gasteiger partial charge in [-0.3, -0.25) is 14.5 Å². The van der Waals surface area contributed by atoms with E-state index < -0.39 is 18.0 Å². The molecule has 3 aromatic rings. The molecule has 0 saturated carbocycles. The summed E-state index contributed by atoms with van der Waals surface area (Å²) < 4.78 is 0. The number of hydrogen-bond donors (Lipinski definition) is 2. The van der Waals surface area contributed by atoms with Crippen molar-refractivity contribution in [1.29, 1.82) is 0 Å². The van der Waals surface area contributed by atoms with E-state index in [-0.39, 0.29) is 12.5 Å². The van der Waals surface area contributed by atoms with Gasteiger partial charge in [-0.2, -0.15) is 0 Å². The van der Waals surface area contributed by atoms with Gasteiger partial charge in [0.2, 0.25) is 5.91 Å². The largest absolute Gasteiger partial charge is 0.325 e. The maximum Gasteiger partial charge on any atom is 0.325 e. The summed E-state index contributed by atoms with van der Waals surface area (Å²) in [4.78, 5) is 40.6. The molecule has 0 unspecified atom stereocenters. The van der Waals surface area contributed by atoms with E-state index >= 15 is 0 Å². The molecule has 1 aliphatic rings. The molecule has 0 bridgehead atoms. The van der Waals surface area contributed by atoms with Crippen LogP contribution in [0.25, 0.3) is 0 Å². The molecule has 0 aromatic heterocycles. The Hall–Kier alpha value is -3.58. The van der Waals surface area contributed by atoms with Crippen molar-refractivity contribution in [3.8, 4) is 0 Å². The van der Waals surface area contributed by atoms with Crippen molar-refractivity contribution in [3.05, 3.63) is 89.5 Å². The summed E-state index contributed by atoms with van der Waals surface area (Å²) in [7, 11) is 0. The lowest BCUT2D eigenvalue weighted by atomic mass is 10.1. The molecular weight excluding hydrogens is 434 g/mol. The molecule has 168 valence electrons. The predicted octanol–water partition coefficient (Wildman–Crippen LogP) is 4.56. The monoisotopic (exact) mass is 459 g/mol. The van der Waals surface area contributed by atoms with Gasteiger partial charge in [-0.05, 0) is 60.9 Å². The van der Waals surface area contributed by atoms with Crippen LogP contribution in [-0.2, 0) is 16.0 Å². The van der Waals surface area contributed by atoms with Crippen molar-refractivity contribution in [3.63, 3.8) is 0 Å². The van der Waals surface area contributed by atoms with Crippen LogP contribution in [0.2, 0.25) is 0 Å². The van der Waals surface area contributed by atoms with Gasteiger partial charge in [0.05, 0.1) is 0 Å². The zero-order chi connectivity index (χ0) is 23.4. The fraction of sp³-hybridized carbons (Fsp3) is 0.192. The van der Waals surface area contributed by atoms with Gasteiger partial charge >= 0.3 is 6.03 Å². The van der Waals surface area contributed by atoms with Crippen LogP contribution < -0.4 is 10.6 Å². The van der Waals surface area contributed by atoms with Crippen LogP contribution in [0.3, 0.4) is 0 Å². The number of carbonyl (C=O) groups is 3. The lowest BCUT2D eigenvalue weighted by Gasteiger charge is -2.13. The second kappa shape index (κ2) is 9.92. The minimum Gasteiger partial charge on any atom is -0.325 e. The second-order valence-corrected chi connectivity index (χ2v) is 9.18. The van der Waals surface area contributed by atoms with Gasteiger partial charge in [0.1, 0.15) is 12.6 Å². The van der Waals surface area contributed by atoms with Gasteiger partial charge in [0.25, 0.3) is 5.91 Å². The van der Waals surface area contributed by atoms with Gasteiger partial charge in [-0.25, -0.2) is 4.79 Å². The fourth-order valence-electron chi connectivity index (χ4n) is 3.61. The van der Waals surface area contributed by atoms with E-state index in [1.54, 1.807) is 11.8 Å². The summed E-state index contributed by atoms with van der Waals surface area (Å²) in [5.74, 6) is -0.812. The molecule has 0 radical (unpaired) electrons. The van der Waals surface area contributed by atoms with Gasteiger partial charge in [0.15, 0.2) is 0 Å². The van der Waals surface area contributed by atoms with Crippen LogP contribution in [0.15, 0.2) is 82.6 Å². The molecule has 1 fully saturated rings. The molecule has 0 aliphatic carbocycles. The maximum absolute atomic E-state index is 12.6. The zero-order valence-corrected chi connectivity index (χ0v) is 19.3. The average Bonchev–Trinajstić information content (AvgIpc) is 3.05. The SMILES string of the molecule is Cc1ccc(C)c(Sc2ccc(NC(=O)CN3C(=O)N[C@H](Cc4ccccc4)C3=O)cc2)c1. The van der Waals surface area contributed by atoms with E-state index in [9.17, 15) is 14.4 Å². The van der Waals surface area contributed by atoms with Gasteiger partial charge < -0.3 is 10.6 Å². The van der Waals surface area contributed by atoms with Crippen molar-refractivity contribution in [2.75, 3.05) is 11.9 Å². The van der Waals surface area contributed by atoms with Crippen LogP contribution >= 0.6 is 11.8 Å². The Bertz CT molecular complexity index is 1180. The van der Waals surface area contributed by atoms with Gasteiger partial charge in [0, 0.05) is 21.9 Å². The number of hydrogen-bond acceptors (Lipinski definition) is 4. The highest BCUT2D eigenvalue weighted by atomic mass is 32.2. The lowest BCUT2D eigenvalue weighted by molar-refractivity contribution is -0.130. The normalized spacial score (nSPS) is 15.5. The number of urea groups is 1. The number of amides is 4. The number of carbonyl (C=O) groups excluding carboxylic acids is 3. The van der Waals surface area contributed by atoms with E-state index in [1.165, 1.54) is 16.0 Å². The van der Waals surface area contributed by atoms with Crippen molar-refractivity contribution in [2.24, 2.45) is 0 Å². The molecule has 4 amide bonds. The minimum atomic E-state index is -0.658. The fourth-order valence-corrected chi connectivity index (χ4v) is 4.61. The summed E-state index contributed by atoms with van der Waals surface area (Å²) in [5.41, 5.74) is 3.97. The van der Waals surface area contributed by atoms with Crippen LogP contribution in [0.4, 0.5) is 10.5 Å². The number of nitrogens with zero attached hydrogens (tertiary/aromatic N) is 1. The van der Waals surface area contributed by atoms with Crippen LogP contribution in [0.1, 0.15) is 16.7 Å². The smallest absolute Gasteiger partial charge is 0.325 e.